The Balaban J connectivity index is 0.821. The highest BCUT2D eigenvalue weighted by Crippen LogP contribution is 2.51. The topological polar surface area (TPSA) is 416 Å². The van der Waals surface area contributed by atoms with Crippen molar-refractivity contribution < 1.29 is 91.7 Å². The number of urea groups is 1. The molecule has 29 heteroatoms. The lowest BCUT2D eigenvalue weighted by molar-refractivity contribution is -0.160. The number of benzene rings is 5. The Hall–Kier alpha value is -11.2. The van der Waals surface area contributed by atoms with Gasteiger partial charge < -0.3 is 85.7 Å². The van der Waals surface area contributed by atoms with E-state index >= 15 is 9.59 Å². The molecule has 1 aliphatic carbocycles. The number of nitrogens with two attached hydrogens (primary N) is 1. The van der Waals surface area contributed by atoms with Gasteiger partial charge in [0, 0.05) is 129 Å². The number of rotatable bonds is 23. The van der Waals surface area contributed by atoms with Crippen LogP contribution in [0.15, 0.2) is 118 Å². The number of Topliss-reactive ketones (excluding diaryl/α,β-unsaturated/α-hetero) is 1. The molecule has 10 rings (SSSR count). The highest BCUT2D eigenvalue weighted by Gasteiger charge is 2.50. The second kappa shape index (κ2) is 35.7. The fourth-order valence-corrected chi connectivity index (χ4v) is 14.7. The quantitative estimate of drug-likeness (QED) is 0.00939. The molecule has 0 aromatic heterocycles. The Morgan fingerprint density at radius 1 is 0.829 bits per heavy atom. The number of anilines is 3. The van der Waals surface area contributed by atoms with Crippen LogP contribution in [0, 0.1) is 36.5 Å². The van der Waals surface area contributed by atoms with Gasteiger partial charge in [-0.15, -0.1) is 0 Å². The van der Waals surface area contributed by atoms with Gasteiger partial charge in [0.25, 0.3) is 23.5 Å². The Morgan fingerprint density at radius 2 is 1.52 bits per heavy atom. The van der Waals surface area contributed by atoms with Crippen LogP contribution < -0.4 is 52.1 Å². The molecule has 6 aliphatic rings. The molecule has 4 bridgehead atoms. The van der Waals surface area contributed by atoms with Crippen LogP contribution in [0.2, 0.25) is 0 Å². The molecule has 5 heterocycles. The molecular weight excluding hydrogens is 1430 g/mol. The lowest BCUT2D eigenvalue weighted by Crippen LogP contribution is -2.54. The summed E-state index contributed by atoms with van der Waals surface area (Å²) in [5.41, 5.74) is 6.39. The largest absolute Gasteiger partial charge is 0.507 e. The van der Waals surface area contributed by atoms with Crippen LogP contribution in [0.3, 0.4) is 0 Å². The number of primary amides is 1. The standard InChI is InChI=1S/C82H99N9O20/c1-42(2)66(87-60(94)20-13-12-14-35-91-61(95)29-30-62(91)96)80(104)86-56(19-16-34-84-81(83)105)79(103)85-53-25-21-50(22-26-53)41-107-55-27-23-51(24-28-55)52-31-36-90(37-32-52)54-39-57(93)67-59(40-54)110-76-68(88-67)63-64-72(99)48(8)75-65(63)77(101)82(10,111-75)108-38-33-58(106-11)45(5)74(109-49(9)92)47(7)71(98)46(6)70(97)43(3)17-15-18-44(4)78(102)89-69(76)73(64)100/h15,17-18,21-30,33,38-40,42-43,45-47,52,56,58,66,70-71,74,93,97-99H,12-14,16,19-20,31-32,34-37,41H2,1-11H3,(H,85,103)(H,86,104)(H,87,94)(H,89,102)(H3,83,84,105)/b17-15+,38-33+,44-18-/t43-,45+,46+,47+,56-,58-,66-,70-,71+,74+,82-/m0/s1. The van der Waals surface area contributed by atoms with Crippen molar-refractivity contribution in [2.24, 2.45) is 35.3 Å². The fraction of sp³-hybridized carbons (Fsp3) is 0.451. The average Bonchev–Trinajstić information content (AvgIpc) is 1.65. The third kappa shape index (κ3) is 18.8. The third-order valence-electron chi connectivity index (χ3n) is 21.3. The van der Waals surface area contributed by atoms with Gasteiger partial charge in [0.2, 0.25) is 23.2 Å². The third-order valence-corrected chi connectivity index (χ3v) is 21.3. The summed E-state index contributed by atoms with van der Waals surface area (Å²) >= 11 is 0. The molecule has 8 amide bonds. The highest BCUT2D eigenvalue weighted by atomic mass is 16.7. The first kappa shape index (κ1) is 82.3. The number of esters is 1. The number of unbranched alkanes of at least 4 members (excludes halogenated alkanes) is 2. The molecule has 1 fully saturated rings. The molecule has 4 aromatic carbocycles. The van der Waals surface area contributed by atoms with Crippen molar-refractivity contribution in [2.75, 3.05) is 48.8 Å². The van der Waals surface area contributed by atoms with E-state index in [2.05, 4.69) is 31.5 Å². The van der Waals surface area contributed by atoms with Gasteiger partial charge in [-0.1, -0.05) is 90.5 Å². The number of aliphatic hydroxyl groups excluding tert-OH is 2. The number of piperidine rings is 1. The molecule has 4 aromatic rings. The minimum absolute atomic E-state index is 0.00954. The van der Waals surface area contributed by atoms with Crippen LogP contribution in [0.4, 0.5) is 21.9 Å². The van der Waals surface area contributed by atoms with Crippen LogP contribution >= 0.6 is 0 Å². The smallest absolute Gasteiger partial charge is 0.312 e. The van der Waals surface area contributed by atoms with Gasteiger partial charge >= 0.3 is 17.8 Å². The molecule has 5 aliphatic heterocycles. The SMILES string of the molecule is CO[C@H]1/C=C/O[C@@]2(C)Oc3c(C)c(O)c4c(=O)c(c5oc6cc(N7CCC(c8ccc(OCc9ccc(NC(=O)[C@H](CCCNC(N)=O)NC(=O)[C@@H](NC(=O)CCCCCN%10C(=O)C=CC%10=O)C(C)C)cc9)cc8)CC7)cc(O)c6nc-5c4c3C2=O)NC(=O)/C(C)=C\C=C\[C@H](C)[C@H](O)[C@@H](C)[C@@H](O)[C@@H](C)[C@H](OC(C)=O)[C@@H]1C. The van der Waals surface area contributed by atoms with Crippen molar-refractivity contribution in [3.8, 4) is 34.5 Å². The Kier molecular flexibility index (Phi) is 26.5. The number of carbonyl (C=O) groups is 9. The van der Waals surface area contributed by atoms with Gasteiger partial charge in [0.05, 0.1) is 35.5 Å². The van der Waals surface area contributed by atoms with E-state index < -0.39 is 124 Å². The molecule has 0 saturated carbocycles. The fourth-order valence-electron chi connectivity index (χ4n) is 14.7. The van der Waals surface area contributed by atoms with E-state index in [1.165, 1.54) is 71.4 Å². The zero-order chi connectivity index (χ0) is 80.4. The zero-order valence-electron chi connectivity index (χ0n) is 64.2. The maximum absolute atomic E-state index is 15.2. The number of allylic oxidation sites excluding steroid dienone is 2. The number of methoxy groups -OCH3 is 1. The van der Waals surface area contributed by atoms with Gasteiger partial charge in [0.1, 0.15) is 64.7 Å². The zero-order valence-corrected chi connectivity index (χ0v) is 64.2. The minimum atomic E-state index is -2.15. The van der Waals surface area contributed by atoms with E-state index in [9.17, 15) is 58.8 Å². The molecule has 11 N–H and O–H groups in total. The van der Waals surface area contributed by atoms with E-state index in [4.69, 9.17) is 38.8 Å². The summed E-state index contributed by atoms with van der Waals surface area (Å²) in [4.78, 5) is 141. The Labute approximate surface area is 642 Å². The normalized spacial score (nSPS) is 23.5. The molecular formula is C82H99N9O20. The molecule has 111 heavy (non-hydrogen) atoms. The summed E-state index contributed by atoms with van der Waals surface area (Å²) in [6.45, 7) is 17.6. The second-order valence-corrected chi connectivity index (χ2v) is 29.6. The summed E-state index contributed by atoms with van der Waals surface area (Å²) in [5, 5.41) is 60.4. The van der Waals surface area contributed by atoms with E-state index in [1.54, 1.807) is 84.0 Å². The number of aromatic nitrogens is 1. The summed E-state index contributed by atoms with van der Waals surface area (Å²) < 4.78 is 36.9. The summed E-state index contributed by atoms with van der Waals surface area (Å²) in [7, 11) is 1.42. The van der Waals surface area contributed by atoms with Gasteiger partial charge in [-0.05, 0) is 106 Å². The van der Waals surface area contributed by atoms with Crippen molar-refractivity contribution in [1.82, 2.24) is 25.8 Å². The number of fused-ring (bicyclic) bond motifs is 2. The molecule has 0 unspecified atom stereocenters. The number of ether oxygens (including phenoxy) is 5. The van der Waals surface area contributed by atoms with Gasteiger partial charge in [-0.25, -0.2) is 9.78 Å². The van der Waals surface area contributed by atoms with Crippen LogP contribution in [0.5, 0.6) is 23.0 Å². The van der Waals surface area contributed by atoms with Crippen molar-refractivity contribution in [1.29, 1.82) is 0 Å². The predicted octanol–water partition coefficient (Wildman–Crippen LogP) is 9.12. The first-order valence-corrected chi connectivity index (χ1v) is 37.5. The summed E-state index contributed by atoms with van der Waals surface area (Å²) in [6, 6.07) is 15.2. The van der Waals surface area contributed by atoms with Crippen molar-refractivity contribution in [3.05, 3.63) is 141 Å². The van der Waals surface area contributed by atoms with Gasteiger partial charge in [-0.2, -0.15) is 0 Å². The number of ketones is 1. The van der Waals surface area contributed by atoms with Gasteiger partial charge in [0.15, 0.2) is 11.3 Å². The first-order chi connectivity index (χ1) is 52.8. The predicted molar refractivity (Wildman–Crippen MR) is 412 cm³/mol. The first-order valence-electron chi connectivity index (χ1n) is 37.5. The lowest BCUT2D eigenvalue weighted by atomic mass is 9.78. The number of nitrogens with zero attached hydrogens (tertiary/aromatic N) is 3. The van der Waals surface area contributed by atoms with Crippen LogP contribution in [0.1, 0.15) is 147 Å². The van der Waals surface area contributed by atoms with Crippen LogP contribution in [-0.4, -0.2) is 159 Å². The highest BCUT2D eigenvalue weighted by molar-refractivity contribution is 6.22. The van der Waals surface area contributed by atoms with E-state index in [0.717, 1.165) is 16.0 Å². The Bertz CT molecular complexity index is 4660. The average molecular weight is 1530 g/mol. The molecule has 592 valence electrons. The maximum atomic E-state index is 15.2. The van der Waals surface area contributed by atoms with E-state index in [0.29, 0.717) is 62.3 Å². The van der Waals surface area contributed by atoms with Gasteiger partial charge in [-0.3, -0.25) is 48.1 Å². The van der Waals surface area contributed by atoms with Crippen LogP contribution in [0.25, 0.3) is 33.3 Å². The van der Waals surface area contributed by atoms with Crippen molar-refractivity contribution in [3.63, 3.8) is 0 Å². The van der Waals surface area contributed by atoms with E-state index in [1.807, 2.05) is 24.3 Å². The summed E-state index contributed by atoms with van der Waals surface area (Å²) in [5.74, 6) is -10.2. The monoisotopic (exact) mass is 1530 g/mol. The molecule has 11 atom stereocenters. The number of aromatic hydroxyl groups is 2. The number of aliphatic hydroxyl groups is 2. The number of amides is 8. The molecule has 29 nitrogen and oxygen atoms in total. The van der Waals surface area contributed by atoms with Crippen molar-refractivity contribution >= 4 is 92.2 Å². The number of carbonyl (C=O) groups excluding carboxylic acids is 9. The number of phenols is 2. The Morgan fingerprint density at radius 3 is 2.18 bits per heavy atom. The van der Waals surface area contributed by atoms with Crippen LogP contribution in [-0.2, 0) is 54.4 Å². The summed E-state index contributed by atoms with van der Waals surface area (Å²) in [6.07, 6.45) is 9.11. The van der Waals surface area contributed by atoms with Crippen molar-refractivity contribution in [2.45, 2.75) is 175 Å². The number of hydrogen-bond acceptors (Lipinski definition) is 22. The molecule has 0 radical (unpaired) electrons. The number of hydrogen-bond donors (Lipinski definition) is 10. The lowest BCUT2D eigenvalue weighted by Gasteiger charge is -2.38. The number of imide groups is 1. The molecule has 1 saturated heterocycles. The number of nitrogens with one attached hydrogen (secondary N) is 5. The number of phenolic OH excluding ortho intramolecular Hbond substituents is 2. The van der Waals surface area contributed by atoms with E-state index in [-0.39, 0.29) is 125 Å². The second-order valence-electron chi connectivity index (χ2n) is 29.6. The molecule has 0 spiro atoms. The minimum Gasteiger partial charge on any atom is -0.507 e. The maximum Gasteiger partial charge on any atom is 0.312 e.